The van der Waals surface area contributed by atoms with Crippen molar-refractivity contribution in [2.75, 3.05) is 81.8 Å². The number of sulfonamides is 1. The van der Waals surface area contributed by atoms with E-state index in [4.69, 9.17) is 18.2 Å². The highest BCUT2D eigenvalue weighted by Gasteiger charge is 2.46. The third kappa shape index (κ3) is 7.95. The van der Waals surface area contributed by atoms with Gasteiger partial charge in [-0.15, -0.1) is 0 Å². The zero-order chi connectivity index (χ0) is 43.3. The molecule has 6 heterocycles. The summed E-state index contributed by atoms with van der Waals surface area (Å²) in [5, 5.41) is 2.67. The fourth-order valence-electron chi connectivity index (χ4n) is 10.2. The standard InChI is InChI=1S/C45H49ClN8O7S/c1-47-38-9-5-33(27-37(38)46)52-19-14-45(29-52)15-20-53(21-16-45)62(60,61)34-6-2-31(3-7-34)42(57)51-24-22-49(23-25-51)28-30-12-17-50(18-13-30)32-4-8-35-36(26-32)44(59)54(43(35)58)39-10-11-40(55)48-41(39)56/h2-9,26-27,30,39H,10-25,28-29H2,(H,48,55,56). The van der Waals surface area contributed by atoms with Gasteiger partial charge in [0.2, 0.25) is 27.5 Å². The van der Waals surface area contributed by atoms with Crippen LogP contribution in [0.1, 0.15) is 76.0 Å². The molecule has 5 saturated heterocycles. The molecule has 0 saturated carbocycles. The number of nitrogens with one attached hydrogen (secondary N) is 1. The van der Waals surface area contributed by atoms with E-state index in [-0.39, 0.29) is 40.2 Å². The van der Waals surface area contributed by atoms with Crippen molar-refractivity contribution in [3.8, 4) is 0 Å². The molecule has 62 heavy (non-hydrogen) atoms. The van der Waals surface area contributed by atoms with Crippen LogP contribution in [0.2, 0.25) is 5.02 Å². The molecule has 6 aliphatic heterocycles. The van der Waals surface area contributed by atoms with Gasteiger partial charge in [0, 0.05) is 100 Å². The number of rotatable bonds is 8. The number of benzene rings is 3. The quantitative estimate of drug-likeness (QED) is 0.250. The maximum Gasteiger partial charge on any atom is 0.262 e. The van der Waals surface area contributed by atoms with Crippen LogP contribution in [0, 0.1) is 17.9 Å². The molecule has 0 radical (unpaired) electrons. The Hall–Kier alpha value is -5.34. The Morgan fingerprint density at radius 3 is 2.11 bits per heavy atom. The first-order valence-corrected chi connectivity index (χ1v) is 23.3. The second kappa shape index (κ2) is 16.7. The van der Waals surface area contributed by atoms with Gasteiger partial charge in [0.15, 0.2) is 0 Å². The predicted molar refractivity (Wildman–Crippen MR) is 232 cm³/mol. The van der Waals surface area contributed by atoms with Gasteiger partial charge in [-0.05, 0) is 104 Å². The molecule has 15 nitrogen and oxygen atoms in total. The first kappa shape index (κ1) is 42.0. The summed E-state index contributed by atoms with van der Waals surface area (Å²) in [6.07, 6.45) is 4.59. The number of amides is 5. The normalized spacial score (nSPS) is 22.6. The SMILES string of the molecule is [C-]#[N+]c1ccc(N2CCC3(CCN(S(=O)(=O)c4ccc(C(=O)N5CCN(CC6CCN(c7ccc8c(c7)C(=O)N(C7CCC(=O)NC7=O)C8=O)CC6)CC5)cc4)CC3)C2)cc1Cl. The van der Waals surface area contributed by atoms with Crippen LogP contribution in [-0.4, -0.2) is 135 Å². The summed E-state index contributed by atoms with van der Waals surface area (Å²) in [6.45, 7) is 15.0. The molecule has 6 aliphatic rings. The highest BCUT2D eigenvalue weighted by Crippen LogP contribution is 2.44. The van der Waals surface area contributed by atoms with Crippen molar-refractivity contribution in [1.29, 1.82) is 0 Å². The minimum absolute atomic E-state index is 0.0276. The van der Waals surface area contributed by atoms with Gasteiger partial charge < -0.3 is 14.7 Å². The predicted octanol–water partition coefficient (Wildman–Crippen LogP) is 4.65. The van der Waals surface area contributed by atoms with Crippen LogP contribution >= 0.6 is 11.6 Å². The summed E-state index contributed by atoms with van der Waals surface area (Å²) >= 11 is 6.31. The smallest absolute Gasteiger partial charge is 0.262 e. The monoisotopic (exact) mass is 880 g/mol. The van der Waals surface area contributed by atoms with E-state index in [1.54, 1.807) is 46.8 Å². The number of carbonyl (C=O) groups excluding carboxylic acids is 5. The van der Waals surface area contributed by atoms with Gasteiger partial charge in [0.25, 0.3) is 17.7 Å². The van der Waals surface area contributed by atoms with Crippen LogP contribution in [0.3, 0.4) is 0 Å². The summed E-state index contributed by atoms with van der Waals surface area (Å²) in [4.78, 5) is 77.5. The van der Waals surface area contributed by atoms with Crippen molar-refractivity contribution >= 4 is 68.2 Å². The van der Waals surface area contributed by atoms with Crippen molar-refractivity contribution in [3.63, 3.8) is 0 Å². The van der Waals surface area contributed by atoms with Crippen LogP contribution in [0.25, 0.3) is 4.85 Å². The fourth-order valence-corrected chi connectivity index (χ4v) is 11.8. The van der Waals surface area contributed by atoms with Crippen LogP contribution in [0.5, 0.6) is 0 Å². The number of fused-ring (bicyclic) bond motifs is 1. The van der Waals surface area contributed by atoms with E-state index >= 15 is 0 Å². The number of carbonyl (C=O) groups is 5. The number of halogens is 1. The Morgan fingerprint density at radius 1 is 0.774 bits per heavy atom. The summed E-state index contributed by atoms with van der Waals surface area (Å²) in [5.74, 6) is -1.68. The minimum Gasteiger partial charge on any atom is -0.371 e. The zero-order valence-corrected chi connectivity index (χ0v) is 36.0. The Balaban J connectivity index is 0.722. The summed E-state index contributed by atoms with van der Waals surface area (Å²) in [6, 6.07) is 16.2. The molecule has 0 aliphatic carbocycles. The largest absolute Gasteiger partial charge is 0.371 e. The van der Waals surface area contributed by atoms with Gasteiger partial charge in [-0.25, -0.2) is 13.3 Å². The molecule has 3 aromatic rings. The minimum atomic E-state index is -3.72. The van der Waals surface area contributed by atoms with E-state index in [0.717, 1.165) is 94.2 Å². The van der Waals surface area contributed by atoms with Gasteiger partial charge in [-0.2, -0.15) is 4.31 Å². The van der Waals surface area contributed by atoms with Crippen molar-refractivity contribution in [3.05, 3.63) is 93.8 Å². The van der Waals surface area contributed by atoms with E-state index in [9.17, 15) is 32.4 Å². The maximum absolute atomic E-state index is 13.7. The van der Waals surface area contributed by atoms with E-state index in [2.05, 4.69) is 24.9 Å². The first-order valence-electron chi connectivity index (χ1n) is 21.5. The molecule has 0 aromatic heterocycles. The molecule has 17 heteroatoms. The third-order valence-corrected chi connectivity index (χ3v) is 16.2. The van der Waals surface area contributed by atoms with Gasteiger partial charge in [-0.3, -0.25) is 39.1 Å². The van der Waals surface area contributed by atoms with Crippen LogP contribution in [0.15, 0.2) is 65.6 Å². The second-order valence-electron chi connectivity index (χ2n) is 17.5. The molecule has 1 atom stereocenters. The second-order valence-corrected chi connectivity index (χ2v) is 19.9. The Morgan fingerprint density at radius 2 is 1.44 bits per heavy atom. The Labute approximate surface area is 366 Å². The summed E-state index contributed by atoms with van der Waals surface area (Å²) < 4.78 is 29.0. The number of imide groups is 2. The number of hydrogen-bond donors (Lipinski definition) is 1. The fraction of sp³-hybridized carbons (Fsp3) is 0.467. The van der Waals surface area contributed by atoms with Gasteiger partial charge in [0.05, 0.1) is 22.6 Å². The molecule has 1 spiro atoms. The lowest BCUT2D eigenvalue weighted by molar-refractivity contribution is -0.136. The molecule has 1 N–H and O–H groups in total. The van der Waals surface area contributed by atoms with Crippen molar-refractivity contribution in [2.24, 2.45) is 11.3 Å². The third-order valence-electron chi connectivity index (χ3n) is 14.0. The summed E-state index contributed by atoms with van der Waals surface area (Å²) in [5.41, 5.74) is 3.33. The molecule has 0 bridgehead atoms. The Kier molecular flexibility index (Phi) is 11.3. The van der Waals surface area contributed by atoms with Gasteiger partial charge >= 0.3 is 0 Å². The van der Waals surface area contributed by atoms with Gasteiger partial charge in [0.1, 0.15) is 6.04 Å². The average Bonchev–Trinajstić information content (AvgIpc) is 3.80. The lowest BCUT2D eigenvalue weighted by atomic mass is 9.78. The Bertz CT molecular complexity index is 2470. The molecule has 324 valence electrons. The molecular formula is C45H49ClN8O7S. The van der Waals surface area contributed by atoms with Crippen molar-refractivity contribution in [1.82, 2.24) is 24.3 Å². The highest BCUT2D eigenvalue weighted by molar-refractivity contribution is 7.89. The molecule has 1 unspecified atom stereocenters. The van der Waals surface area contributed by atoms with Crippen molar-refractivity contribution in [2.45, 2.75) is 55.9 Å². The maximum atomic E-state index is 13.7. The summed E-state index contributed by atoms with van der Waals surface area (Å²) in [7, 11) is -3.72. The van der Waals surface area contributed by atoms with E-state index < -0.39 is 39.7 Å². The van der Waals surface area contributed by atoms with E-state index in [1.807, 2.05) is 23.1 Å². The molecule has 5 amide bonds. The zero-order valence-electron chi connectivity index (χ0n) is 34.4. The number of piperazine rings is 1. The molecule has 9 rings (SSSR count). The van der Waals surface area contributed by atoms with Crippen molar-refractivity contribution < 1.29 is 32.4 Å². The number of nitrogens with zero attached hydrogens (tertiary/aromatic N) is 7. The van der Waals surface area contributed by atoms with E-state index in [1.165, 1.54) is 0 Å². The molecular weight excluding hydrogens is 832 g/mol. The van der Waals surface area contributed by atoms with Gasteiger partial charge in [-0.1, -0.05) is 17.7 Å². The number of hydrogen-bond acceptors (Lipinski definition) is 10. The molecule has 5 fully saturated rings. The van der Waals surface area contributed by atoms with E-state index in [0.29, 0.717) is 48.4 Å². The number of anilines is 2. The highest BCUT2D eigenvalue weighted by atomic mass is 35.5. The topological polar surface area (TPSA) is 155 Å². The van der Waals surface area contributed by atoms with Crippen LogP contribution in [-0.2, 0) is 19.6 Å². The average molecular weight is 881 g/mol. The lowest BCUT2D eigenvalue weighted by Crippen LogP contribution is -2.54. The molecule has 3 aromatic carbocycles. The first-order chi connectivity index (χ1) is 29.8. The lowest BCUT2D eigenvalue weighted by Gasteiger charge is -2.39. The van der Waals surface area contributed by atoms with Crippen LogP contribution in [0.4, 0.5) is 17.1 Å². The number of piperidine rings is 3. The van der Waals surface area contributed by atoms with Crippen LogP contribution < -0.4 is 15.1 Å².